The molecule has 2 aliphatic rings. The summed E-state index contributed by atoms with van der Waals surface area (Å²) in [4.78, 5) is 10.3. The minimum atomic E-state index is 0.434. The molecule has 0 atom stereocenters. The molecule has 2 aromatic rings. The van der Waals surface area contributed by atoms with Crippen LogP contribution in [-0.2, 0) is 11.2 Å². The number of nitrogens with one attached hydrogen (secondary N) is 2. The number of aliphatic imine (C=N–C) groups is 1. The molecule has 4 rings (SSSR count). The molecule has 0 unspecified atom stereocenters. The first-order chi connectivity index (χ1) is 12.7. The highest BCUT2D eigenvalue weighted by Crippen LogP contribution is 2.39. The number of halogens is 1. The smallest absolute Gasteiger partial charge is 0.193 e. The van der Waals surface area contributed by atoms with E-state index in [1.54, 1.807) is 0 Å². The van der Waals surface area contributed by atoms with Crippen LogP contribution in [0.2, 0.25) is 5.02 Å². The number of rotatable bonds is 3. The molecule has 0 aliphatic carbocycles. The zero-order valence-corrected chi connectivity index (χ0v) is 16.1. The maximum atomic E-state index is 6.15. The van der Waals surface area contributed by atoms with Gasteiger partial charge in [0.2, 0.25) is 0 Å². The highest BCUT2D eigenvalue weighted by molar-refractivity contribution is 6.31. The van der Waals surface area contributed by atoms with Crippen LogP contribution in [0.15, 0.2) is 29.4 Å². The molecule has 1 aromatic heterocycles. The average Bonchev–Trinajstić information content (AvgIpc) is 3.24. The molecule has 6 heteroatoms. The first-order valence-corrected chi connectivity index (χ1v) is 9.86. The van der Waals surface area contributed by atoms with Gasteiger partial charge in [-0.25, -0.2) is 0 Å². The fourth-order valence-corrected chi connectivity index (χ4v) is 4.50. The summed E-state index contributed by atoms with van der Waals surface area (Å²) in [7, 11) is 1.88. The van der Waals surface area contributed by atoms with E-state index in [1.165, 1.54) is 30.2 Å². The fourth-order valence-electron chi connectivity index (χ4n) is 4.33. The summed E-state index contributed by atoms with van der Waals surface area (Å²) < 4.78 is 5.55. The molecular weight excluding hydrogens is 348 g/mol. The van der Waals surface area contributed by atoms with E-state index in [2.05, 4.69) is 26.4 Å². The van der Waals surface area contributed by atoms with Crippen molar-refractivity contribution in [2.75, 3.05) is 39.9 Å². The second-order valence-electron chi connectivity index (χ2n) is 7.51. The van der Waals surface area contributed by atoms with Crippen molar-refractivity contribution in [3.05, 3.63) is 35.0 Å². The molecule has 0 radical (unpaired) electrons. The van der Waals surface area contributed by atoms with Gasteiger partial charge in [0.25, 0.3) is 0 Å². The van der Waals surface area contributed by atoms with Gasteiger partial charge in [0.1, 0.15) is 0 Å². The van der Waals surface area contributed by atoms with Crippen LogP contribution in [0.3, 0.4) is 0 Å². The molecule has 1 aromatic carbocycles. The highest BCUT2D eigenvalue weighted by Gasteiger charge is 2.40. The van der Waals surface area contributed by atoms with E-state index in [0.717, 1.165) is 55.8 Å². The number of aromatic nitrogens is 1. The SMILES string of the molecule is CN=C(NCCc1c[nH]c2ccc(Cl)cc12)N1CCC2(CCOCC2)C1. The number of hydrogen-bond donors (Lipinski definition) is 2. The van der Waals surface area contributed by atoms with Crippen LogP contribution >= 0.6 is 11.6 Å². The van der Waals surface area contributed by atoms with E-state index in [1.807, 2.05) is 25.2 Å². The first-order valence-electron chi connectivity index (χ1n) is 9.48. The summed E-state index contributed by atoms with van der Waals surface area (Å²) in [6.45, 7) is 4.85. The Hall–Kier alpha value is -1.72. The molecule has 1 spiro atoms. The number of fused-ring (bicyclic) bond motifs is 1. The summed E-state index contributed by atoms with van der Waals surface area (Å²) in [5.74, 6) is 1.02. The topological polar surface area (TPSA) is 52.7 Å². The van der Waals surface area contributed by atoms with Gasteiger partial charge in [-0.3, -0.25) is 4.99 Å². The van der Waals surface area contributed by atoms with E-state index in [4.69, 9.17) is 16.3 Å². The van der Waals surface area contributed by atoms with Gasteiger partial charge in [-0.15, -0.1) is 0 Å². The largest absolute Gasteiger partial charge is 0.381 e. The lowest BCUT2D eigenvalue weighted by atomic mass is 9.80. The predicted molar refractivity (Wildman–Crippen MR) is 107 cm³/mol. The normalized spacial score (nSPS) is 20.2. The van der Waals surface area contributed by atoms with Gasteiger partial charge in [-0.05, 0) is 54.9 Å². The van der Waals surface area contributed by atoms with Gasteiger partial charge in [-0.2, -0.15) is 0 Å². The van der Waals surface area contributed by atoms with Crippen molar-refractivity contribution in [3.8, 4) is 0 Å². The number of guanidine groups is 1. The highest BCUT2D eigenvalue weighted by atomic mass is 35.5. The van der Waals surface area contributed by atoms with E-state index in [9.17, 15) is 0 Å². The van der Waals surface area contributed by atoms with E-state index in [-0.39, 0.29) is 0 Å². The maximum Gasteiger partial charge on any atom is 0.193 e. The summed E-state index contributed by atoms with van der Waals surface area (Å²) in [6.07, 6.45) is 6.62. The van der Waals surface area contributed by atoms with Gasteiger partial charge in [-0.1, -0.05) is 11.6 Å². The van der Waals surface area contributed by atoms with Crippen molar-refractivity contribution >= 4 is 28.5 Å². The Morgan fingerprint density at radius 1 is 1.35 bits per heavy atom. The number of H-pyrrole nitrogens is 1. The van der Waals surface area contributed by atoms with Crippen molar-refractivity contribution in [3.63, 3.8) is 0 Å². The van der Waals surface area contributed by atoms with E-state index < -0.39 is 0 Å². The van der Waals surface area contributed by atoms with Crippen LogP contribution in [0.25, 0.3) is 10.9 Å². The molecule has 2 saturated heterocycles. The molecule has 2 N–H and O–H groups in total. The zero-order valence-electron chi connectivity index (χ0n) is 15.4. The fraction of sp³-hybridized carbons (Fsp3) is 0.550. The lowest BCUT2D eigenvalue weighted by Gasteiger charge is -2.33. The lowest BCUT2D eigenvalue weighted by Crippen LogP contribution is -2.42. The summed E-state index contributed by atoms with van der Waals surface area (Å²) >= 11 is 6.15. The van der Waals surface area contributed by atoms with Crippen LogP contribution in [0.4, 0.5) is 0 Å². The van der Waals surface area contributed by atoms with Gasteiger partial charge in [0, 0.05) is 62.0 Å². The van der Waals surface area contributed by atoms with E-state index >= 15 is 0 Å². The van der Waals surface area contributed by atoms with Gasteiger partial charge in [0.05, 0.1) is 0 Å². The third-order valence-corrected chi connectivity index (χ3v) is 6.15. The third kappa shape index (κ3) is 3.55. The van der Waals surface area contributed by atoms with Gasteiger partial charge in [0.15, 0.2) is 5.96 Å². The van der Waals surface area contributed by atoms with Crippen LogP contribution < -0.4 is 5.32 Å². The second-order valence-corrected chi connectivity index (χ2v) is 7.95. The van der Waals surface area contributed by atoms with E-state index in [0.29, 0.717) is 5.41 Å². The summed E-state index contributed by atoms with van der Waals surface area (Å²) in [6, 6.07) is 5.99. The number of ether oxygens (including phenoxy) is 1. The summed E-state index contributed by atoms with van der Waals surface area (Å²) in [5, 5.41) is 5.53. The number of likely N-dealkylation sites (tertiary alicyclic amines) is 1. The molecule has 26 heavy (non-hydrogen) atoms. The standard InChI is InChI=1S/C20H27ClN4O/c1-22-19(25-9-5-20(14-25)6-10-26-11-7-20)23-8-4-15-13-24-18-3-2-16(21)12-17(15)18/h2-3,12-13,24H,4-11,14H2,1H3,(H,22,23). The number of aromatic amines is 1. The molecule has 140 valence electrons. The Kier molecular flexibility index (Phi) is 5.09. The van der Waals surface area contributed by atoms with Crippen molar-refractivity contribution in [2.24, 2.45) is 10.4 Å². The first kappa shape index (κ1) is 17.7. The van der Waals surface area contributed by atoms with Crippen molar-refractivity contribution < 1.29 is 4.74 Å². The molecule has 5 nitrogen and oxygen atoms in total. The van der Waals surface area contributed by atoms with Gasteiger partial charge < -0.3 is 19.9 Å². The number of nitrogens with zero attached hydrogens (tertiary/aromatic N) is 2. The monoisotopic (exact) mass is 374 g/mol. The molecule has 2 fully saturated rings. The molecule has 0 amide bonds. The number of hydrogen-bond acceptors (Lipinski definition) is 2. The van der Waals surface area contributed by atoms with Crippen molar-refractivity contribution in [1.82, 2.24) is 15.2 Å². The number of benzene rings is 1. The molecule has 0 bridgehead atoms. The van der Waals surface area contributed by atoms with Crippen LogP contribution in [0.1, 0.15) is 24.8 Å². The van der Waals surface area contributed by atoms with Gasteiger partial charge >= 0.3 is 0 Å². The second kappa shape index (κ2) is 7.49. The Morgan fingerprint density at radius 3 is 3.00 bits per heavy atom. The molecule has 0 saturated carbocycles. The Bertz CT molecular complexity index is 794. The van der Waals surface area contributed by atoms with Crippen LogP contribution in [0, 0.1) is 5.41 Å². The zero-order chi connectivity index (χ0) is 18.0. The Morgan fingerprint density at radius 2 is 2.19 bits per heavy atom. The minimum absolute atomic E-state index is 0.434. The molecule has 2 aliphatic heterocycles. The molecule has 3 heterocycles. The van der Waals surface area contributed by atoms with Crippen molar-refractivity contribution in [2.45, 2.75) is 25.7 Å². The third-order valence-electron chi connectivity index (χ3n) is 5.91. The average molecular weight is 375 g/mol. The molecular formula is C20H27ClN4O. The summed E-state index contributed by atoms with van der Waals surface area (Å²) in [5.41, 5.74) is 2.85. The lowest BCUT2D eigenvalue weighted by molar-refractivity contribution is 0.0218. The van der Waals surface area contributed by atoms with Crippen LogP contribution in [0.5, 0.6) is 0 Å². The quantitative estimate of drug-likeness (QED) is 0.639. The maximum absolute atomic E-state index is 6.15. The predicted octanol–water partition coefficient (Wildman–Crippen LogP) is 3.44. The van der Waals surface area contributed by atoms with Crippen molar-refractivity contribution in [1.29, 1.82) is 0 Å². The Labute approximate surface area is 159 Å². The minimum Gasteiger partial charge on any atom is -0.381 e. The van der Waals surface area contributed by atoms with Crippen LogP contribution in [-0.4, -0.2) is 55.7 Å². The Balaban J connectivity index is 1.35.